The van der Waals surface area contributed by atoms with Crippen molar-refractivity contribution >= 4 is 12.1 Å². The number of hydrogen-bond donors (Lipinski definition) is 0. The predicted octanol–water partition coefficient (Wildman–Crippen LogP) is 1.98. The van der Waals surface area contributed by atoms with Crippen LogP contribution < -0.4 is 4.90 Å². The van der Waals surface area contributed by atoms with Gasteiger partial charge in [-0.1, -0.05) is 18.2 Å². The second-order valence-electron chi connectivity index (χ2n) is 2.68. The number of carbonyl (C=O) groups is 1. The maximum atomic E-state index is 10.6. The van der Waals surface area contributed by atoms with Crippen LogP contribution in [0.25, 0.3) is 0 Å². The van der Waals surface area contributed by atoms with Crippen molar-refractivity contribution in [1.29, 1.82) is 0 Å². The van der Waals surface area contributed by atoms with Crippen LogP contribution in [0.3, 0.4) is 0 Å². The van der Waals surface area contributed by atoms with Crippen LogP contribution >= 0.6 is 0 Å². The van der Waals surface area contributed by atoms with Gasteiger partial charge in [0.2, 0.25) is 6.41 Å². The molecule has 0 atom stereocenters. The van der Waals surface area contributed by atoms with Gasteiger partial charge in [0.15, 0.2) is 0 Å². The van der Waals surface area contributed by atoms with Gasteiger partial charge < -0.3 is 4.90 Å². The molecule has 12 heavy (non-hydrogen) atoms. The Balaban J connectivity index is 3.00. The molecule has 0 bridgehead atoms. The molecule has 0 aliphatic carbocycles. The van der Waals surface area contributed by atoms with Crippen LogP contribution in [-0.4, -0.2) is 13.0 Å². The molecule has 1 amide bonds. The van der Waals surface area contributed by atoms with Crippen LogP contribution in [0.1, 0.15) is 12.5 Å². The van der Waals surface area contributed by atoms with E-state index in [1.165, 1.54) is 0 Å². The first-order valence-electron chi connectivity index (χ1n) is 4.07. The summed E-state index contributed by atoms with van der Waals surface area (Å²) in [6, 6.07) is 7.86. The van der Waals surface area contributed by atoms with Gasteiger partial charge >= 0.3 is 0 Å². The zero-order chi connectivity index (χ0) is 8.97. The molecule has 64 valence electrons. The number of amides is 1. The Morgan fingerprint density at radius 3 is 2.58 bits per heavy atom. The summed E-state index contributed by atoms with van der Waals surface area (Å²) in [4.78, 5) is 12.3. The Morgan fingerprint density at radius 2 is 2.08 bits per heavy atom. The first kappa shape index (κ1) is 8.78. The minimum Gasteiger partial charge on any atom is -0.315 e. The van der Waals surface area contributed by atoms with E-state index in [9.17, 15) is 4.79 Å². The lowest BCUT2D eigenvalue weighted by molar-refractivity contribution is -0.107. The van der Waals surface area contributed by atoms with Gasteiger partial charge in [0, 0.05) is 12.2 Å². The molecule has 1 aromatic rings. The molecular formula is C10H13NO. The van der Waals surface area contributed by atoms with E-state index in [1.807, 2.05) is 38.1 Å². The van der Waals surface area contributed by atoms with E-state index in [0.29, 0.717) is 6.54 Å². The Hall–Kier alpha value is -1.31. The largest absolute Gasteiger partial charge is 0.315 e. The van der Waals surface area contributed by atoms with E-state index < -0.39 is 0 Å². The van der Waals surface area contributed by atoms with E-state index in [-0.39, 0.29) is 0 Å². The Bertz CT molecular complexity index is 270. The number of anilines is 1. The number of para-hydroxylation sites is 1. The lowest BCUT2D eigenvalue weighted by Crippen LogP contribution is -2.20. The topological polar surface area (TPSA) is 20.3 Å². The number of hydrogen-bond acceptors (Lipinski definition) is 1. The standard InChI is InChI=1S/C10H13NO/c1-3-11(8-12)10-7-5-4-6-9(10)2/h4-8H,3H2,1-2H3. The molecule has 0 aromatic heterocycles. The fourth-order valence-electron chi connectivity index (χ4n) is 1.19. The summed E-state index contributed by atoms with van der Waals surface area (Å²) in [6.45, 7) is 4.68. The molecule has 0 spiro atoms. The normalized spacial score (nSPS) is 9.50. The molecule has 2 nitrogen and oxygen atoms in total. The minimum absolute atomic E-state index is 0.717. The van der Waals surface area contributed by atoms with Crippen molar-refractivity contribution in [2.75, 3.05) is 11.4 Å². The molecular weight excluding hydrogens is 150 g/mol. The van der Waals surface area contributed by atoms with Gasteiger partial charge in [0.05, 0.1) is 0 Å². The van der Waals surface area contributed by atoms with E-state index in [1.54, 1.807) is 4.90 Å². The molecule has 0 saturated carbocycles. The van der Waals surface area contributed by atoms with Gasteiger partial charge in [-0.2, -0.15) is 0 Å². The highest BCUT2D eigenvalue weighted by atomic mass is 16.1. The highest BCUT2D eigenvalue weighted by Crippen LogP contribution is 2.17. The second-order valence-corrected chi connectivity index (χ2v) is 2.68. The molecule has 0 aliphatic heterocycles. The SMILES string of the molecule is CCN(C=O)c1ccccc1C. The molecule has 0 saturated heterocycles. The average Bonchev–Trinajstić information content (AvgIpc) is 2.10. The summed E-state index contributed by atoms with van der Waals surface area (Å²) in [5.74, 6) is 0. The zero-order valence-electron chi connectivity index (χ0n) is 7.45. The van der Waals surface area contributed by atoms with Crippen LogP contribution in [0.2, 0.25) is 0 Å². The molecule has 1 rings (SSSR count). The fraction of sp³-hybridized carbons (Fsp3) is 0.300. The lowest BCUT2D eigenvalue weighted by atomic mass is 10.2. The lowest BCUT2D eigenvalue weighted by Gasteiger charge is -2.16. The third-order valence-corrected chi connectivity index (χ3v) is 1.89. The van der Waals surface area contributed by atoms with E-state index >= 15 is 0 Å². The van der Waals surface area contributed by atoms with Crippen molar-refractivity contribution in [1.82, 2.24) is 0 Å². The van der Waals surface area contributed by atoms with Gasteiger partial charge in [0.1, 0.15) is 0 Å². The van der Waals surface area contributed by atoms with Gasteiger partial charge in [-0.05, 0) is 25.5 Å². The summed E-state index contributed by atoms with van der Waals surface area (Å²) in [7, 11) is 0. The van der Waals surface area contributed by atoms with Crippen LogP contribution in [0.15, 0.2) is 24.3 Å². The van der Waals surface area contributed by atoms with E-state index in [2.05, 4.69) is 0 Å². The maximum absolute atomic E-state index is 10.6. The summed E-state index contributed by atoms with van der Waals surface area (Å²) in [5.41, 5.74) is 2.13. The Kier molecular flexibility index (Phi) is 2.86. The number of nitrogens with zero attached hydrogens (tertiary/aromatic N) is 1. The van der Waals surface area contributed by atoms with Gasteiger partial charge in [-0.15, -0.1) is 0 Å². The third kappa shape index (κ3) is 1.64. The molecule has 0 radical (unpaired) electrons. The summed E-state index contributed by atoms with van der Waals surface area (Å²) in [5, 5.41) is 0. The number of benzene rings is 1. The highest BCUT2D eigenvalue weighted by Gasteiger charge is 2.03. The van der Waals surface area contributed by atoms with Gasteiger partial charge in [-0.3, -0.25) is 4.79 Å². The Labute approximate surface area is 72.8 Å². The molecule has 0 unspecified atom stereocenters. The Morgan fingerprint density at radius 1 is 1.42 bits per heavy atom. The molecule has 1 aromatic carbocycles. The summed E-state index contributed by atoms with van der Waals surface area (Å²) < 4.78 is 0. The molecule has 0 aliphatic rings. The highest BCUT2D eigenvalue weighted by molar-refractivity contribution is 5.76. The minimum atomic E-state index is 0.717. The quantitative estimate of drug-likeness (QED) is 0.624. The van der Waals surface area contributed by atoms with Crippen LogP contribution in [-0.2, 0) is 4.79 Å². The number of rotatable bonds is 3. The first-order valence-corrected chi connectivity index (χ1v) is 4.07. The average molecular weight is 163 g/mol. The van der Waals surface area contributed by atoms with Crippen molar-refractivity contribution in [2.24, 2.45) is 0 Å². The van der Waals surface area contributed by atoms with E-state index in [0.717, 1.165) is 17.7 Å². The van der Waals surface area contributed by atoms with Crippen LogP contribution in [0.4, 0.5) is 5.69 Å². The first-order chi connectivity index (χ1) is 5.79. The van der Waals surface area contributed by atoms with Gasteiger partial charge in [0.25, 0.3) is 0 Å². The second kappa shape index (κ2) is 3.90. The summed E-state index contributed by atoms with van der Waals surface area (Å²) in [6.07, 6.45) is 0.863. The zero-order valence-corrected chi connectivity index (χ0v) is 7.45. The van der Waals surface area contributed by atoms with Crippen molar-refractivity contribution in [3.8, 4) is 0 Å². The third-order valence-electron chi connectivity index (χ3n) is 1.89. The molecule has 2 heteroatoms. The fourth-order valence-corrected chi connectivity index (χ4v) is 1.19. The van der Waals surface area contributed by atoms with Gasteiger partial charge in [-0.25, -0.2) is 0 Å². The summed E-state index contributed by atoms with van der Waals surface area (Å²) >= 11 is 0. The number of carbonyl (C=O) groups excluding carboxylic acids is 1. The number of aryl methyl sites for hydroxylation is 1. The van der Waals surface area contributed by atoms with E-state index in [4.69, 9.17) is 0 Å². The monoisotopic (exact) mass is 163 g/mol. The predicted molar refractivity (Wildman–Crippen MR) is 50.3 cm³/mol. The molecule has 0 N–H and O–H groups in total. The van der Waals surface area contributed by atoms with Crippen LogP contribution in [0.5, 0.6) is 0 Å². The van der Waals surface area contributed by atoms with Crippen molar-refractivity contribution in [3.63, 3.8) is 0 Å². The smallest absolute Gasteiger partial charge is 0.214 e. The maximum Gasteiger partial charge on any atom is 0.214 e. The molecule has 0 heterocycles. The van der Waals surface area contributed by atoms with Crippen molar-refractivity contribution in [3.05, 3.63) is 29.8 Å². The van der Waals surface area contributed by atoms with Crippen LogP contribution in [0, 0.1) is 6.92 Å². The van der Waals surface area contributed by atoms with Crippen molar-refractivity contribution < 1.29 is 4.79 Å². The van der Waals surface area contributed by atoms with Crippen molar-refractivity contribution in [2.45, 2.75) is 13.8 Å². The molecule has 0 fully saturated rings.